The molecule has 2 aliphatic rings. The van der Waals surface area contributed by atoms with Gasteiger partial charge >= 0.3 is 0 Å². The molecule has 118 valence electrons. The molecule has 2 aromatic rings. The van der Waals surface area contributed by atoms with E-state index in [-0.39, 0.29) is 0 Å². The van der Waals surface area contributed by atoms with Crippen LogP contribution < -0.4 is 4.90 Å². The van der Waals surface area contributed by atoms with Gasteiger partial charge < -0.3 is 9.47 Å². The molecule has 1 unspecified atom stereocenters. The van der Waals surface area contributed by atoms with Gasteiger partial charge in [0.25, 0.3) is 0 Å². The number of hydrogen-bond acceptors (Lipinski definition) is 3. The number of aryl methyl sites for hydroxylation is 1. The number of fused-ring (bicyclic) bond motifs is 1. The minimum Gasteiger partial charge on any atom is -0.361 e. The Bertz CT molecular complexity index is 751. The number of anilines is 1. The highest BCUT2D eigenvalue weighted by Crippen LogP contribution is 2.37. The van der Waals surface area contributed by atoms with E-state index in [1.54, 1.807) is 0 Å². The Morgan fingerprint density at radius 3 is 2.65 bits per heavy atom. The Morgan fingerprint density at radius 1 is 1.13 bits per heavy atom. The monoisotopic (exact) mass is 306 g/mol. The molecule has 0 radical (unpaired) electrons. The normalized spacial score (nSPS) is 20.3. The van der Waals surface area contributed by atoms with Crippen LogP contribution in [-0.2, 0) is 19.9 Å². The molecule has 1 aromatic heterocycles. The van der Waals surface area contributed by atoms with Crippen LogP contribution >= 0.6 is 0 Å². The summed E-state index contributed by atoms with van der Waals surface area (Å²) in [6.45, 7) is 1.06. The van der Waals surface area contributed by atoms with Crippen LogP contribution in [0.15, 0.2) is 24.3 Å². The second kappa shape index (κ2) is 5.73. The Kier molecular flexibility index (Phi) is 3.57. The van der Waals surface area contributed by atoms with Crippen molar-refractivity contribution in [1.82, 2.24) is 9.55 Å². The largest absolute Gasteiger partial charge is 0.361 e. The van der Waals surface area contributed by atoms with Crippen LogP contribution in [0.25, 0.3) is 0 Å². The topological polar surface area (TPSA) is 44.9 Å². The first-order valence-corrected chi connectivity index (χ1v) is 8.59. The third-order valence-electron chi connectivity index (χ3n) is 5.29. The zero-order chi connectivity index (χ0) is 15.8. The summed E-state index contributed by atoms with van der Waals surface area (Å²) in [5.41, 5.74) is 4.68. The van der Waals surface area contributed by atoms with Crippen LogP contribution in [0.3, 0.4) is 0 Å². The van der Waals surface area contributed by atoms with Crippen LogP contribution in [0.1, 0.15) is 54.5 Å². The summed E-state index contributed by atoms with van der Waals surface area (Å²) in [4.78, 5) is 7.46. The minimum absolute atomic E-state index is 0.360. The van der Waals surface area contributed by atoms with Crippen LogP contribution in [0.2, 0.25) is 0 Å². The van der Waals surface area contributed by atoms with Gasteiger partial charge in [-0.3, -0.25) is 0 Å². The predicted molar refractivity (Wildman–Crippen MR) is 90.3 cm³/mol. The lowest BCUT2D eigenvalue weighted by molar-refractivity contribution is 0.609. The standard InChI is InChI=1S/C19H22N4/c1-22-17-6-3-2-5-16(17)21-19(22)18-7-4-12-23(18)15-10-8-14(13-20)9-11-15/h8-11,18H,2-7,12H2,1H3. The van der Waals surface area contributed by atoms with Crippen molar-refractivity contribution in [2.75, 3.05) is 11.4 Å². The molecule has 4 nitrogen and oxygen atoms in total. The fraction of sp³-hybridized carbons (Fsp3) is 0.474. The molecule has 0 saturated carbocycles. The smallest absolute Gasteiger partial charge is 0.131 e. The second-order valence-electron chi connectivity index (χ2n) is 6.64. The van der Waals surface area contributed by atoms with E-state index in [4.69, 9.17) is 10.2 Å². The van der Waals surface area contributed by atoms with Crippen LogP contribution in [0, 0.1) is 11.3 Å². The number of hydrogen-bond donors (Lipinski definition) is 0. The van der Waals surface area contributed by atoms with Crippen molar-refractivity contribution in [3.05, 3.63) is 47.0 Å². The molecule has 1 aromatic carbocycles. The Hall–Kier alpha value is -2.28. The Morgan fingerprint density at radius 2 is 1.91 bits per heavy atom. The zero-order valence-corrected chi connectivity index (χ0v) is 13.6. The summed E-state index contributed by atoms with van der Waals surface area (Å²) in [7, 11) is 2.18. The van der Waals surface area contributed by atoms with Gasteiger partial charge in [0.05, 0.1) is 23.4 Å². The molecule has 0 amide bonds. The quantitative estimate of drug-likeness (QED) is 0.853. The molecule has 1 atom stereocenters. The highest BCUT2D eigenvalue weighted by Gasteiger charge is 2.31. The maximum absolute atomic E-state index is 8.98. The molecule has 4 heteroatoms. The third kappa shape index (κ3) is 2.41. The number of aromatic nitrogens is 2. The first kappa shape index (κ1) is 14.3. The summed E-state index contributed by atoms with van der Waals surface area (Å²) in [6.07, 6.45) is 7.21. The molecule has 0 bridgehead atoms. The van der Waals surface area contributed by atoms with Crippen molar-refractivity contribution in [3.63, 3.8) is 0 Å². The Labute approximate surface area is 137 Å². The van der Waals surface area contributed by atoms with Gasteiger partial charge in [0, 0.05) is 25.0 Å². The number of imidazole rings is 1. The van der Waals surface area contributed by atoms with Gasteiger partial charge in [-0.05, 0) is 62.8 Å². The van der Waals surface area contributed by atoms with E-state index in [0.717, 1.165) is 24.9 Å². The van der Waals surface area contributed by atoms with E-state index < -0.39 is 0 Å². The van der Waals surface area contributed by atoms with Gasteiger partial charge in [0.1, 0.15) is 5.82 Å². The van der Waals surface area contributed by atoms with Crippen LogP contribution in [0.5, 0.6) is 0 Å². The molecule has 4 rings (SSSR count). The van der Waals surface area contributed by atoms with Gasteiger partial charge in [-0.2, -0.15) is 5.26 Å². The first-order valence-electron chi connectivity index (χ1n) is 8.59. The lowest BCUT2D eigenvalue weighted by Crippen LogP contribution is -2.25. The van der Waals surface area contributed by atoms with Gasteiger partial charge in [-0.1, -0.05) is 0 Å². The number of nitrogens with zero attached hydrogens (tertiary/aromatic N) is 4. The molecule has 1 aliphatic carbocycles. The molecular formula is C19H22N4. The van der Waals surface area contributed by atoms with Crippen molar-refractivity contribution in [2.45, 2.75) is 44.6 Å². The fourth-order valence-corrected chi connectivity index (χ4v) is 4.08. The molecule has 23 heavy (non-hydrogen) atoms. The molecule has 1 saturated heterocycles. The maximum atomic E-state index is 8.98. The van der Waals surface area contributed by atoms with E-state index in [1.165, 1.54) is 48.6 Å². The van der Waals surface area contributed by atoms with Crippen molar-refractivity contribution >= 4 is 5.69 Å². The van der Waals surface area contributed by atoms with Gasteiger partial charge in [-0.25, -0.2) is 4.98 Å². The highest BCUT2D eigenvalue weighted by atomic mass is 15.2. The lowest BCUT2D eigenvalue weighted by Gasteiger charge is -2.26. The van der Waals surface area contributed by atoms with Crippen molar-refractivity contribution in [2.24, 2.45) is 7.05 Å². The summed E-state index contributed by atoms with van der Waals surface area (Å²) < 4.78 is 2.35. The average Bonchev–Trinajstić information content (AvgIpc) is 3.20. The summed E-state index contributed by atoms with van der Waals surface area (Å²) >= 11 is 0. The van der Waals surface area contributed by atoms with Crippen LogP contribution in [0.4, 0.5) is 5.69 Å². The molecule has 1 fully saturated rings. The lowest BCUT2D eigenvalue weighted by atomic mass is 10.0. The molecule has 0 N–H and O–H groups in total. The minimum atomic E-state index is 0.360. The van der Waals surface area contributed by atoms with Crippen molar-refractivity contribution in [1.29, 1.82) is 5.26 Å². The maximum Gasteiger partial charge on any atom is 0.131 e. The van der Waals surface area contributed by atoms with E-state index >= 15 is 0 Å². The number of benzene rings is 1. The van der Waals surface area contributed by atoms with Gasteiger partial charge in [0.2, 0.25) is 0 Å². The fourth-order valence-electron chi connectivity index (χ4n) is 4.08. The zero-order valence-electron chi connectivity index (χ0n) is 13.6. The first-order chi connectivity index (χ1) is 11.3. The van der Waals surface area contributed by atoms with E-state index in [0.29, 0.717) is 6.04 Å². The SMILES string of the molecule is Cn1c(C2CCCN2c2ccc(C#N)cc2)nc2c1CCCC2. The highest BCUT2D eigenvalue weighted by molar-refractivity contribution is 5.52. The number of rotatable bonds is 2. The Balaban J connectivity index is 1.68. The third-order valence-corrected chi connectivity index (χ3v) is 5.29. The van der Waals surface area contributed by atoms with Gasteiger partial charge in [-0.15, -0.1) is 0 Å². The predicted octanol–water partition coefficient (Wildman–Crippen LogP) is 3.51. The van der Waals surface area contributed by atoms with Gasteiger partial charge in [0.15, 0.2) is 0 Å². The van der Waals surface area contributed by atoms with E-state index in [1.807, 2.05) is 12.1 Å². The summed E-state index contributed by atoms with van der Waals surface area (Å²) in [6, 6.07) is 10.5. The summed E-state index contributed by atoms with van der Waals surface area (Å²) in [5.74, 6) is 1.22. The summed E-state index contributed by atoms with van der Waals surface area (Å²) in [5, 5.41) is 8.98. The van der Waals surface area contributed by atoms with E-state index in [2.05, 4.69) is 34.7 Å². The van der Waals surface area contributed by atoms with Crippen molar-refractivity contribution in [3.8, 4) is 6.07 Å². The molecular weight excluding hydrogens is 284 g/mol. The average molecular weight is 306 g/mol. The van der Waals surface area contributed by atoms with Crippen molar-refractivity contribution < 1.29 is 0 Å². The van der Waals surface area contributed by atoms with Crippen LogP contribution in [-0.4, -0.2) is 16.1 Å². The second-order valence-corrected chi connectivity index (χ2v) is 6.64. The molecule has 1 aliphatic heterocycles. The number of nitriles is 1. The van der Waals surface area contributed by atoms with E-state index in [9.17, 15) is 0 Å². The molecule has 0 spiro atoms. The molecule has 2 heterocycles.